The van der Waals surface area contributed by atoms with Crippen LogP contribution in [-0.2, 0) is 14.5 Å². The topological polar surface area (TPSA) is 35.5 Å². The first-order valence-corrected chi connectivity index (χ1v) is 7.43. The van der Waals surface area contributed by atoms with Crippen molar-refractivity contribution in [3.8, 4) is 0 Å². The highest BCUT2D eigenvalue weighted by atomic mass is 19.4. The summed E-state index contributed by atoms with van der Waals surface area (Å²) >= 11 is 0. The summed E-state index contributed by atoms with van der Waals surface area (Å²) in [5, 5.41) is 0. The number of Topliss-reactive ketones (excluding diaryl/α,β-unsaturated/α-hetero) is 1. The van der Waals surface area contributed by atoms with E-state index >= 15 is 0 Å². The summed E-state index contributed by atoms with van der Waals surface area (Å²) in [6.07, 6.45) is -14.8. The van der Waals surface area contributed by atoms with Crippen molar-refractivity contribution >= 4 is 5.78 Å². The van der Waals surface area contributed by atoms with Crippen molar-refractivity contribution in [2.75, 3.05) is 0 Å². The van der Waals surface area contributed by atoms with Crippen LogP contribution in [0.5, 0.6) is 0 Å². The van der Waals surface area contributed by atoms with Gasteiger partial charge in [0.2, 0.25) is 5.78 Å². The highest BCUT2D eigenvalue weighted by Crippen LogP contribution is 2.85. The van der Waals surface area contributed by atoms with Gasteiger partial charge in [0, 0.05) is 0 Å². The van der Waals surface area contributed by atoms with E-state index in [-0.39, 0.29) is 0 Å². The molecule has 0 radical (unpaired) electrons. The average molecular weight is 534 g/mol. The summed E-state index contributed by atoms with van der Waals surface area (Å²) in [5.74, 6) is -45.1. The van der Waals surface area contributed by atoms with E-state index in [1.807, 2.05) is 0 Å². The highest BCUT2D eigenvalue weighted by Gasteiger charge is 3.20. The maximum absolute atomic E-state index is 14.9. The molecule has 0 spiro atoms. The van der Waals surface area contributed by atoms with Crippen LogP contribution in [0.4, 0.5) is 79.2 Å². The molecule has 0 amide bonds. The Morgan fingerprint density at radius 3 is 1.30 bits per heavy atom. The van der Waals surface area contributed by atoms with Gasteiger partial charge in [-0.05, 0) is 4.53 Å². The lowest BCUT2D eigenvalue weighted by atomic mass is 9.41. The van der Waals surface area contributed by atoms with Gasteiger partial charge in [-0.2, -0.15) is 52.7 Å². The molecule has 33 heavy (non-hydrogen) atoms. The maximum atomic E-state index is 14.9. The van der Waals surface area contributed by atoms with E-state index in [4.69, 9.17) is 0 Å². The Morgan fingerprint density at radius 2 is 0.909 bits per heavy atom. The molecule has 4 saturated carbocycles. The van der Waals surface area contributed by atoms with E-state index in [9.17, 15) is 84.0 Å². The molecular formula is C12F18O3. The number of alkyl halides is 17. The number of ketones is 1. The van der Waals surface area contributed by atoms with Gasteiger partial charge in [0.05, 0.1) is 0 Å². The molecule has 0 aliphatic heterocycles. The van der Waals surface area contributed by atoms with Crippen molar-refractivity contribution in [2.24, 2.45) is 0 Å². The molecule has 4 bridgehead atoms. The van der Waals surface area contributed by atoms with Crippen LogP contribution < -0.4 is 0 Å². The van der Waals surface area contributed by atoms with E-state index in [2.05, 4.69) is 0 Å². The summed E-state index contributed by atoms with van der Waals surface area (Å²) in [6, 6.07) is 0. The van der Waals surface area contributed by atoms with Gasteiger partial charge in [-0.1, -0.05) is 0 Å². The lowest BCUT2D eigenvalue weighted by molar-refractivity contribution is -0.587. The van der Waals surface area contributed by atoms with Gasteiger partial charge in [-0.3, -0.25) is 9.53 Å². The molecule has 4 aliphatic rings. The standard InChI is InChI=1S/C12F18O3/c13-2-1(31)3(14)8(21,22)4(15,6(2,17)18)9(23,24)5(16,7(2,19)20)10(3,25)32-11(26,27)12(28,29)33-30. The fourth-order valence-corrected chi connectivity index (χ4v) is 4.01. The van der Waals surface area contributed by atoms with Crippen molar-refractivity contribution in [1.82, 2.24) is 0 Å². The first-order valence-electron chi connectivity index (χ1n) is 7.43. The first-order chi connectivity index (χ1) is 14.2. The molecule has 4 aliphatic carbocycles. The molecule has 0 saturated heterocycles. The molecule has 0 aromatic heterocycles. The summed E-state index contributed by atoms with van der Waals surface area (Å²) in [5.41, 5.74) is -31.3. The molecule has 5 unspecified atom stereocenters. The van der Waals surface area contributed by atoms with E-state index in [0.717, 1.165) is 4.94 Å². The Balaban J connectivity index is 2.56. The highest BCUT2D eigenvalue weighted by molar-refractivity contribution is 6.04. The zero-order valence-corrected chi connectivity index (χ0v) is 14.0. The van der Waals surface area contributed by atoms with Crippen molar-refractivity contribution in [1.29, 1.82) is 0 Å². The largest absolute Gasteiger partial charge is 0.478 e. The fourth-order valence-electron chi connectivity index (χ4n) is 4.01. The lowest BCUT2D eigenvalue weighted by Gasteiger charge is -2.71. The van der Waals surface area contributed by atoms with E-state index in [1.165, 1.54) is 0 Å². The molecule has 3 nitrogen and oxygen atoms in total. The number of carbonyl (C=O) groups excluding carboxylic acids is 1. The van der Waals surface area contributed by atoms with Gasteiger partial charge in [-0.25, -0.2) is 22.0 Å². The van der Waals surface area contributed by atoms with Crippen LogP contribution in [0.15, 0.2) is 0 Å². The molecule has 0 aromatic carbocycles. The average Bonchev–Trinajstić information content (AvgIpc) is 2.66. The molecule has 4 rings (SSSR count). The van der Waals surface area contributed by atoms with Gasteiger partial charge < -0.3 is 0 Å². The first kappa shape index (κ1) is 25.9. The van der Waals surface area contributed by atoms with Crippen LogP contribution in [0.25, 0.3) is 0 Å². The van der Waals surface area contributed by atoms with Crippen LogP contribution in [0, 0.1) is 0 Å². The number of hydrogen-bond acceptors (Lipinski definition) is 3. The summed E-state index contributed by atoms with van der Waals surface area (Å²) in [6.45, 7) is 0. The van der Waals surface area contributed by atoms with E-state index in [1.54, 1.807) is 4.74 Å². The van der Waals surface area contributed by atoms with Crippen LogP contribution in [0.1, 0.15) is 0 Å². The minimum absolute atomic E-state index is 1.13. The summed E-state index contributed by atoms with van der Waals surface area (Å²) < 4.78 is 252. The predicted octanol–water partition coefficient (Wildman–Crippen LogP) is 4.74. The lowest BCUT2D eigenvalue weighted by Crippen LogP contribution is -3.07. The summed E-state index contributed by atoms with van der Waals surface area (Å²) in [4.78, 5) is 12.7. The summed E-state index contributed by atoms with van der Waals surface area (Å²) in [7, 11) is 0. The zero-order chi connectivity index (χ0) is 26.5. The maximum Gasteiger partial charge on any atom is 0.478 e. The number of carbonyl (C=O) groups is 1. The van der Waals surface area contributed by atoms with Crippen LogP contribution in [-0.4, -0.2) is 70.2 Å². The monoisotopic (exact) mass is 534 g/mol. The van der Waals surface area contributed by atoms with Crippen molar-refractivity contribution in [3.05, 3.63) is 0 Å². The SMILES string of the molecule is O=C1C2(F)C(F)(F)C3(F)C(F)(F)C1(F)C(F)(OC(F)(F)C(F)(F)OF)C(F)(C2(F)F)C3(F)F. The van der Waals surface area contributed by atoms with Crippen molar-refractivity contribution in [3.63, 3.8) is 0 Å². The van der Waals surface area contributed by atoms with Crippen LogP contribution >= 0.6 is 0 Å². The number of hydrogen-bond donors (Lipinski definition) is 0. The third-order valence-corrected chi connectivity index (χ3v) is 5.68. The molecular weight excluding hydrogens is 534 g/mol. The van der Waals surface area contributed by atoms with Gasteiger partial charge in [0.25, 0.3) is 0 Å². The van der Waals surface area contributed by atoms with E-state index in [0.29, 0.717) is 0 Å². The Labute approximate surface area is 165 Å². The second kappa shape index (κ2) is 5.43. The fraction of sp³-hybridized carbons (Fsp3) is 0.917. The van der Waals surface area contributed by atoms with E-state index < -0.39 is 70.2 Å². The molecule has 0 heterocycles. The number of halogens is 18. The van der Waals surface area contributed by atoms with Crippen LogP contribution in [0.2, 0.25) is 0 Å². The second-order valence-corrected chi connectivity index (χ2v) is 7.07. The number of rotatable bonds is 4. The minimum Gasteiger partial charge on any atom is -0.291 e. The van der Waals surface area contributed by atoms with Gasteiger partial charge in [0.15, 0.2) is 0 Å². The Bertz CT molecular complexity index is 933. The normalized spacial score (nSPS) is 47.2. The van der Waals surface area contributed by atoms with Crippen molar-refractivity contribution < 1.29 is 93.6 Å². The van der Waals surface area contributed by atoms with Crippen molar-refractivity contribution in [2.45, 2.75) is 64.4 Å². The molecule has 5 atom stereocenters. The Kier molecular flexibility index (Phi) is 4.27. The minimum atomic E-state index is -8.24. The predicted molar refractivity (Wildman–Crippen MR) is 57.2 cm³/mol. The third-order valence-electron chi connectivity index (χ3n) is 5.68. The molecule has 192 valence electrons. The number of ether oxygens (including phenoxy) is 1. The van der Waals surface area contributed by atoms with Gasteiger partial charge in [-0.15, -0.1) is 4.94 Å². The Hall–Kier alpha value is -1.67. The molecule has 0 aromatic rings. The molecule has 4 fully saturated rings. The van der Waals surface area contributed by atoms with Gasteiger partial charge >= 0.3 is 64.4 Å². The molecule has 21 heteroatoms. The Morgan fingerprint density at radius 1 is 0.545 bits per heavy atom. The molecule has 0 N–H and O–H groups in total. The van der Waals surface area contributed by atoms with Crippen LogP contribution in [0.3, 0.4) is 0 Å². The van der Waals surface area contributed by atoms with Gasteiger partial charge in [0.1, 0.15) is 0 Å². The third kappa shape index (κ3) is 1.74. The second-order valence-electron chi connectivity index (χ2n) is 7.07. The quantitative estimate of drug-likeness (QED) is 0.490. The smallest absolute Gasteiger partial charge is 0.291 e. The zero-order valence-electron chi connectivity index (χ0n) is 14.0.